The molecule has 0 bridgehead atoms. The Labute approximate surface area is 333 Å². The number of likely N-dealkylation sites (N-methyl/N-ethyl adjacent to an activating group) is 2. The number of aryl methyl sites for hydroxylation is 4. The van der Waals surface area contributed by atoms with Gasteiger partial charge in [0.15, 0.2) is 0 Å². The standard InChI is InChI=1S/C40H46N14O4/c1-7-51-31(13-21(3)47-51)37(57)45-39-43-27-15-23(35(41)55)17-29-33(27)53(39)25(19-49(29)5)11-9-10-12-26-20-50(6)30-18-24(36(42)56)16-28-34(30)54(26)40(44-28)46-38(58)32-14-22(4)48-52(32)8-2/h9-10,13-18,25-26H,7-8,11-12,19-20H2,1-6H3,(H2,41,55)(H2,42,56)(H,43,45,57)(H,44,46,58)/b10-9-/t25-,26-/m0/s1. The summed E-state index contributed by atoms with van der Waals surface area (Å²) in [7, 11) is 3.92. The molecular formula is C40H46N14O4. The third-order valence-electron chi connectivity index (χ3n) is 10.9. The van der Waals surface area contributed by atoms with Gasteiger partial charge in [-0.3, -0.25) is 39.2 Å². The average molecular weight is 787 g/mol. The smallest absolute Gasteiger partial charge is 0.276 e. The molecular weight excluding hydrogens is 741 g/mol. The van der Waals surface area contributed by atoms with Crippen molar-refractivity contribution < 1.29 is 19.2 Å². The third kappa shape index (κ3) is 6.49. The highest BCUT2D eigenvalue weighted by molar-refractivity contribution is 6.07. The molecule has 8 rings (SSSR count). The minimum absolute atomic E-state index is 0.144. The molecule has 0 saturated carbocycles. The largest absolute Gasteiger partial charge is 0.371 e. The van der Waals surface area contributed by atoms with Gasteiger partial charge < -0.3 is 30.4 Å². The summed E-state index contributed by atoms with van der Waals surface area (Å²) in [6.45, 7) is 9.70. The molecule has 0 aliphatic carbocycles. The summed E-state index contributed by atoms with van der Waals surface area (Å²) in [5, 5.41) is 14.9. The van der Waals surface area contributed by atoms with Crippen LogP contribution in [0.1, 0.15) is 91.9 Å². The topological polar surface area (TPSA) is 222 Å². The van der Waals surface area contributed by atoms with Gasteiger partial charge in [0.25, 0.3) is 11.8 Å². The predicted octanol–water partition coefficient (Wildman–Crippen LogP) is 4.16. The molecule has 2 aliphatic rings. The van der Waals surface area contributed by atoms with Gasteiger partial charge in [0.1, 0.15) is 11.4 Å². The van der Waals surface area contributed by atoms with Gasteiger partial charge in [-0.15, -0.1) is 0 Å². The van der Waals surface area contributed by atoms with E-state index in [1.54, 1.807) is 45.8 Å². The van der Waals surface area contributed by atoms with Gasteiger partial charge in [-0.1, -0.05) is 12.2 Å². The molecule has 6 aromatic rings. The van der Waals surface area contributed by atoms with Crippen LogP contribution in [-0.4, -0.2) is 89.5 Å². The molecule has 58 heavy (non-hydrogen) atoms. The van der Waals surface area contributed by atoms with Crippen molar-refractivity contribution in [1.29, 1.82) is 0 Å². The number of anilines is 4. The van der Waals surface area contributed by atoms with Crippen LogP contribution in [0.15, 0.2) is 48.6 Å². The highest BCUT2D eigenvalue weighted by Crippen LogP contribution is 2.41. The summed E-state index contributed by atoms with van der Waals surface area (Å²) < 4.78 is 7.37. The van der Waals surface area contributed by atoms with E-state index in [-0.39, 0.29) is 23.9 Å². The number of nitrogens with two attached hydrogens (primary N) is 2. The van der Waals surface area contributed by atoms with E-state index in [2.05, 4.69) is 42.8 Å². The molecule has 0 fully saturated rings. The molecule has 0 radical (unpaired) electrons. The lowest BCUT2D eigenvalue weighted by Gasteiger charge is -2.34. The number of carbonyl (C=O) groups is 4. The highest BCUT2D eigenvalue weighted by atomic mass is 16.2. The summed E-state index contributed by atoms with van der Waals surface area (Å²) >= 11 is 0. The maximum Gasteiger partial charge on any atom is 0.276 e. The quantitative estimate of drug-likeness (QED) is 0.130. The van der Waals surface area contributed by atoms with E-state index in [0.29, 0.717) is 84.5 Å². The number of nitrogens with zero attached hydrogens (tertiary/aromatic N) is 10. The SMILES string of the molecule is CCn1nc(C)cc1C(=O)Nc1nc2cc(C(N)=O)cc3c2n1[C@@H](C/C=C\C[C@H]1CN(C)c2cc(C(N)=O)cc4nc(NC(=O)c5cc(C)nn5CC)n1c24)CN3C. The van der Waals surface area contributed by atoms with E-state index in [4.69, 9.17) is 21.4 Å². The van der Waals surface area contributed by atoms with E-state index < -0.39 is 11.8 Å². The van der Waals surface area contributed by atoms with Crippen molar-refractivity contribution in [2.45, 2.75) is 65.7 Å². The molecule has 0 spiro atoms. The first-order chi connectivity index (χ1) is 27.8. The molecule has 6 heterocycles. The number of carbonyl (C=O) groups excluding carboxylic acids is 4. The minimum atomic E-state index is -0.566. The van der Waals surface area contributed by atoms with Crippen LogP contribution in [0.4, 0.5) is 23.3 Å². The fourth-order valence-electron chi connectivity index (χ4n) is 8.30. The molecule has 2 atom stereocenters. The number of nitrogens with one attached hydrogen (secondary N) is 2. The molecule has 0 unspecified atom stereocenters. The molecule has 18 nitrogen and oxygen atoms in total. The molecule has 18 heteroatoms. The Morgan fingerprint density at radius 1 is 0.672 bits per heavy atom. The summed E-state index contributed by atoms with van der Waals surface area (Å²) in [5.41, 5.74) is 18.6. The van der Waals surface area contributed by atoms with Gasteiger partial charge in [0.05, 0.1) is 56.9 Å². The first-order valence-electron chi connectivity index (χ1n) is 19.3. The van der Waals surface area contributed by atoms with Crippen LogP contribution >= 0.6 is 0 Å². The number of imidazole rings is 2. The fraction of sp³-hybridized carbons (Fsp3) is 0.350. The second-order valence-electron chi connectivity index (χ2n) is 15.0. The number of hydrogen-bond acceptors (Lipinski definition) is 10. The van der Waals surface area contributed by atoms with Crippen molar-refractivity contribution in [1.82, 2.24) is 38.7 Å². The van der Waals surface area contributed by atoms with Gasteiger partial charge in [-0.25, -0.2) is 9.97 Å². The van der Waals surface area contributed by atoms with Crippen LogP contribution in [-0.2, 0) is 13.1 Å². The normalized spacial score (nSPS) is 16.2. The van der Waals surface area contributed by atoms with E-state index in [0.717, 1.165) is 33.8 Å². The Hall–Kier alpha value is -6.98. The van der Waals surface area contributed by atoms with Gasteiger partial charge in [-0.2, -0.15) is 10.2 Å². The number of rotatable bonds is 12. The lowest BCUT2D eigenvalue weighted by atomic mass is 10.0. The van der Waals surface area contributed by atoms with Crippen molar-refractivity contribution >= 4 is 69.0 Å². The molecule has 0 saturated heterocycles. The highest BCUT2D eigenvalue weighted by Gasteiger charge is 2.32. The van der Waals surface area contributed by atoms with Crippen molar-refractivity contribution in [2.75, 3.05) is 47.6 Å². The second-order valence-corrected chi connectivity index (χ2v) is 15.0. The molecule has 6 N–H and O–H groups in total. The van der Waals surface area contributed by atoms with E-state index in [1.165, 1.54) is 0 Å². The minimum Gasteiger partial charge on any atom is -0.371 e. The van der Waals surface area contributed by atoms with E-state index in [9.17, 15) is 19.2 Å². The monoisotopic (exact) mass is 786 g/mol. The summed E-state index contributed by atoms with van der Waals surface area (Å²) in [5.74, 6) is -1.09. The summed E-state index contributed by atoms with van der Waals surface area (Å²) in [4.78, 5) is 65.8. The molecule has 2 aromatic carbocycles. The van der Waals surface area contributed by atoms with Crippen LogP contribution in [0.3, 0.4) is 0 Å². The predicted molar refractivity (Wildman–Crippen MR) is 221 cm³/mol. The van der Waals surface area contributed by atoms with Crippen molar-refractivity contribution in [2.24, 2.45) is 11.5 Å². The Kier molecular flexibility index (Phi) is 9.49. The van der Waals surface area contributed by atoms with Crippen molar-refractivity contribution in [3.05, 3.63) is 82.5 Å². The Bertz CT molecular complexity index is 2520. The van der Waals surface area contributed by atoms with Crippen LogP contribution in [0.2, 0.25) is 0 Å². The number of aromatic nitrogens is 8. The lowest BCUT2D eigenvalue weighted by molar-refractivity contribution is 0.0992. The van der Waals surface area contributed by atoms with E-state index >= 15 is 0 Å². The van der Waals surface area contributed by atoms with Gasteiger partial charge in [0.2, 0.25) is 23.7 Å². The average Bonchev–Trinajstić information content (AvgIpc) is 3.96. The first-order valence-corrected chi connectivity index (χ1v) is 19.3. The van der Waals surface area contributed by atoms with Crippen molar-refractivity contribution in [3.8, 4) is 0 Å². The van der Waals surface area contributed by atoms with Crippen LogP contribution < -0.4 is 31.9 Å². The summed E-state index contributed by atoms with van der Waals surface area (Å²) in [6, 6.07) is 10.0. The number of allylic oxidation sites excluding steroid dienone is 2. The van der Waals surface area contributed by atoms with Crippen molar-refractivity contribution in [3.63, 3.8) is 0 Å². The van der Waals surface area contributed by atoms with Crippen LogP contribution in [0.25, 0.3) is 22.1 Å². The van der Waals surface area contributed by atoms with Crippen LogP contribution in [0, 0.1) is 13.8 Å². The zero-order chi connectivity index (χ0) is 41.2. The lowest BCUT2D eigenvalue weighted by Crippen LogP contribution is -2.33. The second kappa shape index (κ2) is 14.5. The van der Waals surface area contributed by atoms with Gasteiger partial charge >= 0.3 is 0 Å². The van der Waals surface area contributed by atoms with E-state index in [1.807, 2.05) is 50.9 Å². The Balaban J connectivity index is 1.11. The third-order valence-corrected chi connectivity index (χ3v) is 10.9. The molecule has 300 valence electrons. The maximum atomic E-state index is 13.7. The van der Waals surface area contributed by atoms with Gasteiger partial charge in [-0.05, 0) is 76.9 Å². The molecule has 2 aliphatic heterocycles. The first kappa shape index (κ1) is 37.9. The van der Waals surface area contributed by atoms with Gasteiger partial charge in [0, 0.05) is 51.4 Å². The zero-order valence-corrected chi connectivity index (χ0v) is 33.3. The molecule has 4 aromatic heterocycles. The maximum absolute atomic E-state index is 13.7. The Morgan fingerprint density at radius 3 is 1.43 bits per heavy atom. The molecule has 4 amide bonds. The number of amides is 4. The fourth-order valence-corrected chi connectivity index (χ4v) is 8.30. The zero-order valence-electron chi connectivity index (χ0n) is 33.3. The number of primary amides is 2. The Morgan fingerprint density at radius 2 is 1.07 bits per heavy atom. The summed E-state index contributed by atoms with van der Waals surface area (Å²) in [6.07, 6.45) is 5.42. The number of benzene rings is 2. The van der Waals surface area contributed by atoms with Crippen LogP contribution in [0.5, 0.6) is 0 Å². The number of hydrogen-bond donors (Lipinski definition) is 4.